The first kappa shape index (κ1) is 20.9. The average Bonchev–Trinajstić information content (AvgIpc) is 2.53. The van der Waals surface area contributed by atoms with Crippen LogP contribution in [-0.4, -0.2) is 32.9 Å². The van der Waals surface area contributed by atoms with Gasteiger partial charge in [-0.2, -0.15) is 0 Å². The number of nitrogens with one attached hydrogen (secondary N) is 1. The number of halogens is 2. The molecule has 0 aliphatic carbocycles. The van der Waals surface area contributed by atoms with E-state index in [1.54, 1.807) is 12.1 Å². The normalized spacial score (nSPS) is 12.5. The summed E-state index contributed by atoms with van der Waals surface area (Å²) in [5.41, 5.74) is 0.847. The molecule has 0 fully saturated rings. The fourth-order valence-electron chi connectivity index (χ4n) is 2.46. The standard InChI is InChI=1S/C17H18Cl2N2O3S2/c1-11(17(22)20-15-6-4-5-7-16(15)25-2)21(26(3,23)24)14-9-12(18)8-13(19)10-14/h4-11H,1-3H3,(H,20,22). The third-order valence-corrected chi connectivity index (χ3v) is 6.03. The van der Waals surface area contributed by atoms with Crippen LogP contribution in [0.1, 0.15) is 6.92 Å². The van der Waals surface area contributed by atoms with Crippen LogP contribution in [0.25, 0.3) is 0 Å². The van der Waals surface area contributed by atoms with Gasteiger partial charge in [-0.25, -0.2) is 8.42 Å². The summed E-state index contributed by atoms with van der Waals surface area (Å²) in [5, 5.41) is 3.34. The Labute approximate surface area is 167 Å². The van der Waals surface area contributed by atoms with Gasteiger partial charge in [0.2, 0.25) is 15.9 Å². The van der Waals surface area contributed by atoms with Gasteiger partial charge in [-0.05, 0) is 43.5 Å². The van der Waals surface area contributed by atoms with E-state index in [9.17, 15) is 13.2 Å². The van der Waals surface area contributed by atoms with E-state index in [0.717, 1.165) is 15.5 Å². The highest BCUT2D eigenvalue weighted by Gasteiger charge is 2.30. The molecule has 0 aromatic heterocycles. The lowest BCUT2D eigenvalue weighted by molar-refractivity contribution is -0.116. The van der Waals surface area contributed by atoms with Gasteiger partial charge < -0.3 is 5.32 Å². The van der Waals surface area contributed by atoms with Gasteiger partial charge in [0.25, 0.3) is 0 Å². The predicted molar refractivity (Wildman–Crippen MR) is 110 cm³/mol. The summed E-state index contributed by atoms with van der Waals surface area (Å²) in [5.74, 6) is -0.465. The van der Waals surface area contributed by atoms with E-state index >= 15 is 0 Å². The van der Waals surface area contributed by atoms with Crippen molar-refractivity contribution < 1.29 is 13.2 Å². The van der Waals surface area contributed by atoms with Crippen LogP contribution < -0.4 is 9.62 Å². The number of sulfonamides is 1. The van der Waals surface area contributed by atoms with Crippen molar-refractivity contribution in [1.82, 2.24) is 0 Å². The molecule has 0 saturated carbocycles. The van der Waals surface area contributed by atoms with Crippen molar-refractivity contribution >= 4 is 62.3 Å². The molecule has 0 aliphatic rings. The van der Waals surface area contributed by atoms with Crippen molar-refractivity contribution in [2.75, 3.05) is 22.1 Å². The Morgan fingerprint density at radius 3 is 2.27 bits per heavy atom. The van der Waals surface area contributed by atoms with Crippen LogP contribution in [0.3, 0.4) is 0 Å². The Morgan fingerprint density at radius 1 is 1.15 bits per heavy atom. The zero-order valence-corrected chi connectivity index (χ0v) is 17.5. The topological polar surface area (TPSA) is 66.5 Å². The highest BCUT2D eigenvalue weighted by Crippen LogP contribution is 2.30. The first-order chi connectivity index (χ1) is 12.1. The van der Waals surface area contributed by atoms with Crippen molar-refractivity contribution in [3.8, 4) is 0 Å². The van der Waals surface area contributed by atoms with Crippen LogP contribution in [0.5, 0.6) is 0 Å². The van der Waals surface area contributed by atoms with E-state index in [-0.39, 0.29) is 15.7 Å². The second-order valence-corrected chi connectivity index (χ2v) is 9.13. The molecule has 0 radical (unpaired) electrons. The molecule has 1 atom stereocenters. The minimum Gasteiger partial charge on any atom is -0.323 e. The summed E-state index contributed by atoms with van der Waals surface area (Å²) >= 11 is 13.5. The Morgan fingerprint density at radius 2 is 1.73 bits per heavy atom. The highest BCUT2D eigenvalue weighted by molar-refractivity contribution is 7.98. The van der Waals surface area contributed by atoms with E-state index in [0.29, 0.717) is 5.69 Å². The average molecular weight is 433 g/mol. The number of benzene rings is 2. The second kappa shape index (κ2) is 8.52. The lowest BCUT2D eigenvalue weighted by atomic mass is 10.2. The summed E-state index contributed by atoms with van der Waals surface area (Å²) in [7, 11) is -3.75. The first-order valence-electron chi connectivity index (χ1n) is 7.53. The van der Waals surface area contributed by atoms with E-state index in [4.69, 9.17) is 23.2 Å². The number of rotatable bonds is 6. The Bertz CT molecular complexity index is 900. The van der Waals surface area contributed by atoms with Crippen molar-refractivity contribution in [1.29, 1.82) is 0 Å². The lowest BCUT2D eigenvalue weighted by Crippen LogP contribution is -2.45. The van der Waals surface area contributed by atoms with E-state index in [1.807, 2.05) is 18.4 Å². The maximum Gasteiger partial charge on any atom is 0.248 e. The van der Waals surface area contributed by atoms with Crippen molar-refractivity contribution in [3.05, 3.63) is 52.5 Å². The number of thioether (sulfide) groups is 1. The molecule has 1 amide bonds. The van der Waals surface area contributed by atoms with Crippen LogP contribution in [-0.2, 0) is 14.8 Å². The molecule has 5 nitrogen and oxygen atoms in total. The lowest BCUT2D eigenvalue weighted by Gasteiger charge is -2.28. The highest BCUT2D eigenvalue weighted by atomic mass is 35.5. The van der Waals surface area contributed by atoms with Gasteiger partial charge in [0.15, 0.2) is 0 Å². The SMILES string of the molecule is CSc1ccccc1NC(=O)C(C)N(c1cc(Cl)cc(Cl)c1)S(C)(=O)=O. The van der Waals surface area contributed by atoms with E-state index < -0.39 is 22.0 Å². The van der Waals surface area contributed by atoms with Crippen molar-refractivity contribution in [3.63, 3.8) is 0 Å². The monoisotopic (exact) mass is 432 g/mol. The molecule has 1 unspecified atom stereocenters. The quantitative estimate of drug-likeness (QED) is 0.681. The Hall–Kier alpha value is -1.41. The van der Waals surface area contributed by atoms with Crippen LogP contribution in [0.2, 0.25) is 10.0 Å². The molecule has 0 spiro atoms. The van der Waals surface area contributed by atoms with E-state index in [1.165, 1.54) is 36.9 Å². The van der Waals surface area contributed by atoms with Gasteiger partial charge in [-0.1, -0.05) is 35.3 Å². The van der Waals surface area contributed by atoms with Gasteiger partial charge >= 0.3 is 0 Å². The molecule has 140 valence electrons. The number of hydrogen-bond acceptors (Lipinski definition) is 4. The summed E-state index contributed by atoms with van der Waals surface area (Å²) < 4.78 is 25.7. The molecule has 0 bridgehead atoms. The maximum absolute atomic E-state index is 12.7. The summed E-state index contributed by atoms with van der Waals surface area (Å²) in [6.45, 7) is 1.51. The van der Waals surface area contributed by atoms with Crippen LogP contribution in [0.15, 0.2) is 47.4 Å². The number of amides is 1. The summed E-state index contributed by atoms with van der Waals surface area (Å²) in [6, 6.07) is 10.7. The fraction of sp³-hybridized carbons (Fsp3) is 0.235. The Balaban J connectivity index is 2.38. The predicted octanol–water partition coefficient (Wildman–Crippen LogP) is 4.51. The first-order valence-corrected chi connectivity index (χ1v) is 11.4. The molecule has 9 heteroatoms. The minimum absolute atomic E-state index is 0.228. The number of hydrogen-bond donors (Lipinski definition) is 1. The van der Waals surface area contributed by atoms with Gasteiger partial charge in [-0.15, -0.1) is 11.8 Å². The molecule has 0 saturated heterocycles. The second-order valence-electron chi connectivity index (χ2n) is 5.55. The number of anilines is 2. The molecule has 2 rings (SSSR count). The van der Waals surface area contributed by atoms with Crippen molar-refractivity contribution in [2.24, 2.45) is 0 Å². The van der Waals surface area contributed by atoms with Gasteiger partial charge in [0.1, 0.15) is 6.04 Å². The number of nitrogens with zero attached hydrogens (tertiary/aromatic N) is 1. The van der Waals surface area contributed by atoms with E-state index in [2.05, 4.69) is 5.32 Å². The zero-order chi connectivity index (χ0) is 19.5. The number of carbonyl (C=O) groups is 1. The smallest absolute Gasteiger partial charge is 0.248 e. The summed E-state index contributed by atoms with van der Waals surface area (Å²) in [6.07, 6.45) is 2.92. The molecule has 2 aromatic rings. The minimum atomic E-state index is -3.75. The third kappa shape index (κ3) is 5.07. The number of para-hydroxylation sites is 1. The molecule has 2 aromatic carbocycles. The largest absolute Gasteiger partial charge is 0.323 e. The molecule has 1 N–H and O–H groups in total. The van der Waals surface area contributed by atoms with Crippen LogP contribution in [0.4, 0.5) is 11.4 Å². The molecule has 0 heterocycles. The molecular formula is C17H18Cl2N2O3S2. The number of carbonyl (C=O) groups excluding carboxylic acids is 1. The summed E-state index contributed by atoms with van der Waals surface area (Å²) in [4.78, 5) is 13.6. The molecule has 0 aliphatic heterocycles. The Kier molecular flexibility index (Phi) is 6.85. The maximum atomic E-state index is 12.7. The zero-order valence-electron chi connectivity index (χ0n) is 14.4. The van der Waals surface area contributed by atoms with Crippen molar-refractivity contribution in [2.45, 2.75) is 17.9 Å². The van der Waals surface area contributed by atoms with Crippen LogP contribution in [0, 0.1) is 0 Å². The van der Waals surface area contributed by atoms with Gasteiger partial charge in [-0.3, -0.25) is 9.10 Å². The van der Waals surface area contributed by atoms with Gasteiger partial charge in [0.05, 0.1) is 17.6 Å². The molecule has 26 heavy (non-hydrogen) atoms. The molecular weight excluding hydrogens is 415 g/mol. The fourth-order valence-corrected chi connectivity index (χ4v) is 4.69. The van der Waals surface area contributed by atoms with Gasteiger partial charge in [0, 0.05) is 14.9 Å². The van der Waals surface area contributed by atoms with Crippen LogP contribution >= 0.6 is 35.0 Å². The third-order valence-electron chi connectivity index (χ3n) is 3.56.